The standard InChI is InChI=1S/C15H17N3O2/c1-9-6-10(4-5-19)13-11(7-9)15(20)17(2)14-12(13)8-16-18(14)3/h6-8,19H,4-5H2,1-3H3. The van der Waals surface area contributed by atoms with Crippen LogP contribution >= 0.6 is 0 Å². The molecule has 0 unspecified atom stereocenters. The monoisotopic (exact) mass is 271 g/mol. The molecule has 1 N–H and O–H groups in total. The smallest absolute Gasteiger partial charge is 0.259 e. The molecule has 5 nitrogen and oxygen atoms in total. The summed E-state index contributed by atoms with van der Waals surface area (Å²) in [6, 6.07) is 3.94. The molecule has 0 aliphatic heterocycles. The van der Waals surface area contributed by atoms with E-state index in [9.17, 15) is 9.90 Å². The maximum Gasteiger partial charge on any atom is 0.259 e. The predicted molar refractivity (Wildman–Crippen MR) is 79.0 cm³/mol. The number of hydrogen-bond donors (Lipinski definition) is 1. The Morgan fingerprint density at radius 2 is 2.00 bits per heavy atom. The van der Waals surface area contributed by atoms with Crippen LogP contribution in [0.4, 0.5) is 0 Å². The molecule has 0 radical (unpaired) electrons. The van der Waals surface area contributed by atoms with Gasteiger partial charge in [-0.25, -0.2) is 0 Å². The number of fused-ring (bicyclic) bond motifs is 3. The lowest BCUT2D eigenvalue weighted by Crippen LogP contribution is -2.19. The molecule has 5 heteroatoms. The van der Waals surface area contributed by atoms with Gasteiger partial charge in [0.25, 0.3) is 5.56 Å². The highest BCUT2D eigenvalue weighted by molar-refractivity contribution is 6.06. The molecule has 3 aromatic rings. The number of hydrogen-bond acceptors (Lipinski definition) is 3. The maximum atomic E-state index is 12.6. The second-order valence-corrected chi connectivity index (χ2v) is 5.19. The second kappa shape index (κ2) is 4.45. The molecule has 0 saturated heterocycles. The first-order valence-corrected chi connectivity index (χ1v) is 6.59. The van der Waals surface area contributed by atoms with E-state index in [4.69, 9.17) is 0 Å². The SMILES string of the molecule is Cc1cc(CCO)c2c(c1)c(=O)n(C)c1c2cnn1C. The van der Waals surface area contributed by atoms with Crippen LogP contribution in [0.25, 0.3) is 21.8 Å². The van der Waals surface area contributed by atoms with Crippen molar-refractivity contribution >= 4 is 21.8 Å². The zero-order valence-corrected chi connectivity index (χ0v) is 11.8. The fourth-order valence-corrected chi connectivity index (χ4v) is 2.95. The van der Waals surface area contributed by atoms with E-state index in [-0.39, 0.29) is 12.2 Å². The number of benzene rings is 1. The summed E-state index contributed by atoms with van der Waals surface area (Å²) in [5.74, 6) is 0. The van der Waals surface area contributed by atoms with Crippen molar-refractivity contribution in [2.75, 3.05) is 6.61 Å². The van der Waals surface area contributed by atoms with E-state index >= 15 is 0 Å². The molecule has 0 spiro atoms. The van der Waals surface area contributed by atoms with E-state index in [0.717, 1.165) is 27.5 Å². The van der Waals surface area contributed by atoms with Crippen LogP contribution in [0.3, 0.4) is 0 Å². The van der Waals surface area contributed by atoms with E-state index in [2.05, 4.69) is 5.10 Å². The summed E-state index contributed by atoms with van der Waals surface area (Å²) in [4.78, 5) is 12.6. The Kier molecular flexibility index (Phi) is 2.87. The highest BCUT2D eigenvalue weighted by Gasteiger charge is 2.15. The molecule has 3 rings (SSSR count). The lowest BCUT2D eigenvalue weighted by Gasteiger charge is -2.11. The van der Waals surface area contributed by atoms with Gasteiger partial charge in [0.1, 0.15) is 5.65 Å². The molecule has 0 atom stereocenters. The first-order chi connectivity index (χ1) is 9.54. The Labute approximate surface area is 116 Å². The summed E-state index contributed by atoms with van der Waals surface area (Å²) in [5.41, 5.74) is 2.80. The highest BCUT2D eigenvalue weighted by Crippen LogP contribution is 2.27. The van der Waals surface area contributed by atoms with Crippen LogP contribution < -0.4 is 5.56 Å². The fraction of sp³-hybridized carbons (Fsp3) is 0.333. The van der Waals surface area contributed by atoms with Gasteiger partial charge < -0.3 is 5.11 Å². The van der Waals surface area contributed by atoms with Crippen LogP contribution in [0, 0.1) is 6.92 Å². The molecule has 2 aromatic heterocycles. The number of nitrogens with zero attached hydrogens (tertiary/aromatic N) is 3. The van der Waals surface area contributed by atoms with Crippen LogP contribution in [-0.4, -0.2) is 26.1 Å². The number of rotatable bonds is 2. The topological polar surface area (TPSA) is 60.0 Å². The van der Waals surface area contributed by atoms with Gasteiger partial charge in [0, 0.05) is 36.9 Å². The number of aliphatic hydroxyl groups excluding tert-OH is 1. The molecule has 0 aliphatic rings. The minimum Gasteiger partial charge on any atom is -0.396 e. The van der Waals surface area contributed by atoms with Crippen LogP contribution in [0.15, 0.2) is 23.1 Å². The van der Waals surface area contributed by atoms with Gasteiger partial charge in [-0.3, -0.25) is 14.0 Å². The molecular weight excluding hydrogens is 254 g/mol. The Balaban J connectivity index is 2.62. The van der Waals surface area contributed by atoms with Crippen LogP contribution in [0.5, 0.6) is 0 Å². The van der Waals surface area contributed by atoms with Crippen LogP contribution in [-0.2, 0) is 20.5 Å². The van der Waals surface area contributed by atoms with Crippen LogP contribution in [0.2, 0.25) is 0 Å². The van der Waals surface area contributed by atoms with Crippen molar-refractivity contribution in [3.8, 4) is 0 Å². The van der Waals surface area contributed by atoms with Crippen LogP contribution in [0.1, 0.15) is 11.1 Å². The quantitative estimate of drug-likeness (QED) is 0.763. The molecule has 0 amide bonds. The third-order valence-corrected chi connectivity index (χ3v) is 3.78. The molecule has 2 heterocycles. The van der Waals surface area contributed by atoms with E-state index in [0.29, 0.717) is 11.8 Å². The van der Waals surface area contributed by atoms with E-state index in [1.807, 2.05) is 26.1 Å². The number of aryl methyl sites for hydroxylation is 3. The lowest BCUT2D eigenvalue weighted by molar-refractivity contribution is 0.300. The molecular formula is C15H17N3O2. The fourth-order valence-electron chi connectivity index (χ4n) is 2.95. The second-order valence-electron chi connectivity index (χ2n) is 5.19. The minimum absolute atomic E-state index is 0.0287. The first kappa shape index (κ1) is 12.9. The molecule has 104 valence electrons. The van der Waals surface area contributed by atoms with Gasteiger partial charge in [0.05, 0.1) is 6.20 Å². The lowest BCUT2D eigenvalue weighted by atomic mass is 9.98. The number of aliphatic hydroxyl groups is 1. The van der Waals surface area contributed by atoms with Crippen molar-refractivity contribution < 1.29 is 5.11 Å². The zero-order chi connectivity index (χ0) is 14.4. The zero-order valence-electron chi connectivity index (χ0n) is 11.8. The van der Waals surface area contributed by atoms with E-state index in [1.54, 1.807) is 22.5 Å². The summed E-state index contributed by atoms with van der Waals surface area (Å²) in [5, 5.41) is 16.1. The van der Waals surface area contributed by atoms with Crippen molar-refractivity contribution in [2.45, 2.75) is 13.3 Å². The largest absolute Gasteiger partial charge is 0.396 e. The van der Waals surface area contributed by atoms with Gasteiger partial charge in [-0.1, -0.05) is 11.6 Å². The molecule has 0 fully saturated rings. The van der Waals surface area contributed by atoms with Crippen molar-refractivity contribution in [1.29, 1.82) is 0 Å². The average molecular weight is 271 g/mol. The van der Waals surface area contributed by atoms with Crippen molar-refractivity contribution in [3.05, 3.63) is 39.8 Å². The molecule has 0 bridgehead atoms. The third-order valence-electron chi connectivity index (χ3n) is 3.78. The van der Waals surface area contributed by atoms with E-state index in [1.165, 1.54) is 0 Å². The molecule has 0 aliphatic carbocycles. The summed E-state index contributed by atoms with van der Waals surface area (Å²) in [6.07, 6.45) is 2.32. The van der Waals surface area contributed by atoms with Gasteiger partial charge in [-0.15, -0.1) is 0 Å². The van der Waals surface area contributed by atoms with Gasteiger partial charge in [-0.2, -0.15) is 5.10 Å². The Bertz CT molecular complexity index is 874. The first-order valence-electron chi connectivity index (χ1n) is 6.59. The van der Waals surface area contributed by atoms with Crippen molar-refractivity contribution in [2.24, 2.45) is 14.1 Å². The normalized spacial score (nSPS) is 11.6. The van der Waals surface area contributed by atoms with Crippen molar-refractivity contribution in [1.82, 2.24) is 14.3 Å². The Morgan fingerprint density at radius 3 is 2.70 bits per heavy atom. The van der Waals surface area contributed by atoms with Gasteiger partial charge in [0.2, 0.25) is 0 Å². The van der Waals surface area contributed by atoms with E-state index < -0.39 is 0 Å². The Hall–Kier alpha value is -2.14. The molecule has 0 saturated carbocycles. The summed E-state index contributed by atoms with van der Waals surface area (Å²) >= 11 is 0. The maximum absolute atomic E-state index is 12.6. The molecule has 20 heavy (non-hydrogen) atoms. The number of aromatic nitrogens is 3. The van der Waals surface area contributed by atoms with Crippen molar-refractivity contribution in [3.63, 3.8) is 0 Å². The van der Waals surface area contributed by atoms with Gasteiger partial charge in [0.15, 0.2) is 0 Å². The molecule has 1 aromatic carbocycles. The summed E-state index contributed by atoms with van der Waals surface area (Å²) in [7, 11) is 3.59. The Morgan fingerprint density at radius 1 is 1.25 bits per heavy atom. The third kappa shape index (κ3) is 1.67. The van der Waals surface area contributed by atoms with Gasteiger partial charge >= 0.3 is 0 Å². The highest BCUT2D eigenvalue weighted by atomic mass is 16.3. The average Bonchev–Trinajstić information content (AvgIpc) is 2.78. The predicted octanol–water partition coefficient (Wildman–Crippen LogP) is 1.27. The summed E-state index contributed by atoms with van der Waals surface area (Å²) in [6.45, 7) is 2.03. The number of pyridine rings is 1. The van der Waals surface area contributed by atoms with Gasteiger partial charge in [-0.05, 0) is 25.0 Å². The summed E-state index contributed by atoms with van der Waals surface area (Å²) < 4.78 is 3.34. The minimum atomic E-state index is -0.0287.